The Kier molecular flexibility index (Phi) is 7.65. The van der Waals surface area contributed by atoms with Gasteiger partial charge in [-0.25, -0.2) is 4.79 Å². The van der Waals surface area contributed by atoms with Crippen LogP contribution in [-0.4, -0.2) is 87.3 Å². The van der Waals surface area contributed by atoms with Crippen molar-refractivity contribution in [3.05, 3.63) is 47.0 Å². The Morgan fingerprint density at radius 2 is 1.72 bits per heavy atom. The Labute approximate surface area is 250 Å². The number of ether oxygens (including phenoxy) is 4. The lowest BCUT2D eigenvalue weighted by molar-refractivity contribution is -0.346. The Balaban J connectivity index is 1.83. The number of rotatable bonds is 5. The fourth-order valence-corrected chi connectivity index (χ4v) is 7.95. The van der Waals surface area contributed by atoms with Gasteiger partial charge in [0.2, 0.25) is 0 Å². The lowest BCUT2D eigenvalue weighted by atomic mass is 9.44. The number of ketones is 1. The van der Waals surface area contributed by atoms with E-state index in [1.54, 1.807) is 45.9 Å². The van der Waals surface area contributed by atoms with Crippen LogP contribution in [0.1, 0.15) is 71.2 Å². The molecule has 0 radical (unpaired) electrons. The molecule has 0 aromatic heterocycles. The van der Waals surface area contributed by atoms with Gasteiger partial charge in [-0.05, 0) is 37.1 Å². The molecule has 2 bridgehead atoms. The van der Waals surface area contributed by atoms with Crippen LogP contribution in [-0.2, 0) is 33.3 Å². The van der Waals surface area contributed by atoms with Crippen LogP contribution in [0, 0.1) is 16.7 Å². The molecule has 1 aromatic rings. The number of carbonyl (C=O) groups excluding carboxylic acids is 4. The van der Waals surface area contributed by atoms with Crippen molar-refractivity contribution in [1.29, 1.82) is 0 Å². The summed E-state index contributed by atoms with van der Waals surface area (Å²) in [5, 5.41) is 36.0. The molecule has 3 fully saturated rings. The normalized spacial score (nSPS) is 39.7. The zero-order valence-electron chi connectivity index (χ0n) is 25.3. The largest absolute Gasteiger partial charge is 0.455 e. The number of hydrogen-bond acceptors (Lipinski definition) is 11. The molecule has 2 saturated carbocycles. The van der Waals surface area contributed by atoms with Gasteiger partial charge in [0, 0.05) is 31.6 Å². The van der Waals surface area contributed by atoms with Crippen LogP contribution >= 0.6 is 0 Å². The zero-order chi connectivity index (χ0) is 31.7. The number of benzene rings is 1. The van der Waals surface area contributed by atoms with Gasteiger partial charge in [0.05, 0.1) is 35.7 Å². The first-order chi connectivity index (χ1) is 20.1. The summed E-state index contributed by atoms with van der Waals surface area (Å²) in [6.07, 6.45) is -7.32. The van der Waals surface area contributed by atoms with E-state index in [1.165, 1.54) is 26.0 Å². The molecule has 5 rings (SSSR count). The van der Waals surface area contributed by atoms with E-state index < -0.39 is 82.2 Å². The van der Waals surface area contributed by atoms with Crippen LogP contribution in [0.4, 0.5) is 0 Å². The monoisotopic (exact) mass is 600 g/mol. The van der Waals surface area contributed by atoms with E-state index in [9.17, 15) is 34.5 Å². The quantitative estimate of drug-likeness (QED) is 0.257. The molecular formula is C32H40O11. The lowest BCUT2D eigenvalue weighted by Crippen LogP contribution is -2.81. The van der Waals surface area contributed by atoms with E-state index in [0.717, 1.165) is 0 Å². The minimum absolute atomic E-state index is 0.0589. The van der Waals surface area contributed by atoms with E-state index in [0.29, 0.717) is 5.57 Å². The van der Waals surface area contributed by atoms with Crippen molar-refractivity contribution in [2.24, 2.45) is 16.7 Å². The molecule has 0 spiro atoms. The van der Waals surface area contributed by atoms with E-state index in [1.807, 2.05) is 0 Å². The Hall–Kier alpha value is -3.12. The second-order valence-corrected chi connectivity index (χ2v) is 13.0. The van der Waals surface area contributed by atoms with Crippen molar-refractivity contribution in [2.75, 3.05) is 6.61 Å². The molecule has 11 nitrogen and oxygen atoms in total. The predicted molar refractivity (Wildman–Crippen MR) is 149 cm³/mol. The van der Waals surface area contributed by atoms with Crippen molar-refractivity contribution in [3.8, 4) is 0 Å². The highest BCUT2D eigenvalue weighted by Gasteiger charge is 2.78. The summed E-state index contributed by atoms with van der Waals surface area (Å²) in [6, 6.07) is 8.06. The Morgan fingerprint density at radius 1 is 1.07 bits per heavy atom. The Morgan fingerprint density at radius 3 is 2.28 bits per heavy atom. The van der Waals surface area contributed by atoms with E-state index >= 15 is 0 Å². The van der Waals surface area contributed by atoms with Gasteiger partial charge in [0.1, 0.15) is 17.8 Å². The number of esters is 3. The third kappa shape index (κ3) is 4.38. The maximum Gasteiger partial charge on any atom is 0.338 e. The van der Waals surface area contributed by atoms with Gasteiger partial charge in [-0.2, -0.15) is 0 Å². The molecule has 234 valence electrons. The van der Waals surface area contributed by atoms with Crippen LogP contribution in [0.25, 0.3) is 0 Å². The summed E-state index contributed by atoms with van der Waals surface area (Å²) < 4.78 is 23.7. The van der Waals surface area contributed by atoms with Crippen LogP contribution in [0.5, 0.6) is 0 Å². The number of hydrogen-bond donors (Lipinski definition) is 3. The van der Waals surface area contributed by atoms with Crippen LogP contribution < -0.4 is 0 Å². The van der Waals surface area contributed by atoms with Crippen LogP contribution in [0.3, 0.4) is 0 Å². The zero-order valence-corrected chi connectivity index (χ0v) is 25.3. The number of fused-ring (bicyclic) bond motifs is 5. The predicted octanol–water partition coefficient (Wildman–Crippen LogP) is 2.04. The first-order valence-corrected chi connectivity index (χ1v) is 14.7. The maximum absolute atomic E-state index is 14.9. The summed E-state index contributed by atoms with van der Waals surface area (Å²) in [5.41, 5.74) is -6.36. The van der Waals surface area contributed by atoms with Gasteiger partial charge in [-0.3, -0.25) is 14.4 Å². The highest BCUT2D eigenvalue weighted by atomic mass is 16.6. The number of carbonyl (C=O) groups is 4. The molecule has 1 heterocycles. The van der Waals surface area contributed by atoms with E-state index in [-0.39, 0.29) is 37.0 Å². The standard InChI is InChI=1S/C32H40O11/c1-7-22(36)41-24-23-16(2)19(34)14-32(39,29(23,4)5)27(42-28(38)18-11-9-8-10-12-18)25-30(6,26(24)37)20(35)13-21-31(25,15-40-21)43-17(3)33/h8-12,19-21,24-25,27,34-35,39H,7,13-15H2,1-6H3/t19-,20-,21+,24+,25?,27?,30+,31-,32+/m0/s1. The van der Waals surface area contributed by atoms with Gasteiger partial charge in [0.25, 0.3) is 0 Å². The third-order valence-corrected chi connectivity index (χ3v) is 10.5. The maximum atomic E-state index is 14.9. The summed E-state index contributed by atoms with van der Waals surface area (Å²) >= 11 is 0. The number of Topliss-reactive ketones (excluding diaryl/α,β-unsaturated/α-hetero) is 1. The summed E-state index contributed by atoms with van der Waals surface area (Å²) in [6.45, 7) is 8.90. The van der Waals surface area contributed by atoms with Crippen molar-refractivity contribution in [3.63, 3.8) is 0 Å². The molecule has 3 aliphatic carbocycles. The van der Waals surface area contributed by atoms with Crippen molar-refractivity contribution in [2.45, 2.75) is 103 Å². The van der Waals surface area contributed by atoms with Gasteiger partial charge >= 0.3 is 17.9 Å². The molecule has 1 aromatic carbocycles. The molecule has 9 atom stereocenters. The number of aliphatic hydroxyl groups excluding tert-OH is 2. The molecule has 11 heteroatoms. The fourth-order valence-electron chi connectivity index (χ4n) is 7.95. The van der Waals surface area contributed by atoms with E-state index in [4.69, 9.17) is 18.9 Å². The van der Waals surface area contributed by atoms with Crippen molar-refractivity contribution in [1.82, 2.24) is 0 Å². The van der Waals surface area contributed by atoms with E-state index in [2.05, 4.69) is 0 Å². The topological polar surface area (TPSA) is 166 Å². The molecule has 3 N–H and O–H groups in total. The minimum Gasteiger partial charge on any atom is -0.455 e. The highest BCUT2D eigenvalue weighted by molar-refractivity contribution is 5.95. The molecule has 2 unspecified atom stereocenters. The molecule has 1 saturated heterocycles. The SMILES string of the molecule is CCC(=O)O[C@H]1C(=O)[C@@]2(C)C(C(OC(=O)c3ccccc3)[C@]3(O)C[C@H](O)C(C)=C1C3(C)C)[C@]1(OC(C)=O)CO[C@@H]1C[C@@H]2O. The second kappa shape index (κ2) is 10.5. The van der Waals surface area contributed by atoms with Gasteiger partial charge in [-0.1, -0.05) is 39.0 Å². The average molecular weight is 601 g/mol. The lowest BCUT2D eigenvalue weighted by Gasteiger charge is -2.67. The number of aliphatic hydroxyl groups is 3. The second-order valence-electron chi connectivity index (χ2n) is 13.0. The molecule has 4 aliphatic rings. The van der Waals surface area contributed by atoms with Crippen molar-refractivity contribution < 1.29 is 53.4 Å². The minimum atomic E-state index is -2.11. The van der Waals surface area contributed by atoms with Crippen molar-refractivity contribution >= 4 is 23.7 Å². The smallest absolute Gasteiger partial charge is 0.338 e. The Bertz CT molecular complexity index is 1370. The van der Waals surface area contributed by atoms with Gasteiger partial charge in [0.15, 0.2) is 17.5 Å². The molecule has 0 amide bonds. The molecule has 43 heavy (non-hydrogen) atoms. The van der Waals surface area contributed by atoms with Gasteiger partial charge < -0.3 is 34.3 Å². The fraction of sp³-hybridized carbons (Fsp3) is 0.625. The van der Waals surface area contributed by atoms with Crippen LogP contribution in [0.2, 0.25) is 0 Å². The summed E-state index contributed by atoms with van der Waals surface area (Å²) in [5.74, 6) is -4.31. The highest BCUT2D eigenvalue weighted by Crippen LogP contribution is 2.64. The summed E-state index contributed by atoms with van der Waals surface area (Å²) in [7, 11) is 0. The first kappa shape index (κ1) is 31.3. The summed E-state index contributed by atoms with van der Waals surface area (Å²) in [4.78, 5) is 54.0. The molecular weight excluding hydrogens is 560 g/mol. The average Bonchev–Trinajstić information content (AvgIpc) is 2.95. The first-order valence-electron chi connectivity index (χ1n) is 14.7. The third-order valence-electron chi connectivity index (χ3n) is 10.5. The molecule has 1 aliphatic heterocycles. The van der Waals surface area contributed by atoms with Gasteiger partial charge in [-0.15, -0.1) is 0 Å². The van der Waals surface area contributed by atoms with Crippen LogP contribution in [0.15, 0.2) is 41.5 Å².